The lowest BCUT2D eigenvalue weighted by Crippen LogP contribution is -2.44. The number of hydrogen-bond acceptors (Lipinski definition) is 7. The number of ether oxygens (including phenoxy) is 1. The molecule has 1 aliphatic heterocycles. The van der Waals surface area contributed by atoms with Gasteiger partial charge in [0.1, 0.15) is 23.0 Å². The Bertz CT molecular complexity index is 1080. The number of furan rings is 1. The predicted molar refractivity (Wildman–Crippen MR) is 102 cm³/mol. The topological polar surface area (TPSA) is 123 Å². The maximum absolute atomic E-state index is 12.7. The molecule has 0 N–H and O–H groups in total. The van der Waals surface area contributed by atoms with E-state index in [0.29, 0.717) is 6.42 Å². The van der Waals surface area contributed by atoms with Gasteiger partial charge in [-0.1, -0.05) is 0 Å². The highest BCUT2D eigenvalue weighted by Crippen LogP contribution is 2.26. The zero-order valence-corrected chi connectivity index (χ0v) is 17.1. The second-order valence-electron chi connectivity index (χ2n) is 6.97. The molecular weight excluding hydrogens is 398 g/mol. The van der Waals surface area contributed by atoms with Gasteiger partial charge in [0.2, 0.25) is 5.88 Å². The molecule has 1 saturated heterocycles. The minimum Gasteiger partial charge on any atom is -0.449 e. The van der Waals surface area contributed by atoms with E-state index in [0.717, 1.165) is 0 Å². The van der Waals surface area contributed by atoms with Crippen molar-refractivity contribution in [2.75, 3.05) is 18.6 Å². The Hall–Kier alpha value is -3.06. The number of esters is 1. The van der Waals surface area contributed by atoms with Gasteiger partial charge in [0.25, 0.3) is 5.91 Å². The van der Waals surface area contributed by atoms with Gasteiger partial charge in [-0.3, -0.25) is 9.36 Å². The SMILES string of the molecule is Cc1oc(-n2cccc2)c(C#N)c1C(=O)O[C@H](C)C(=O)N(C)[C@@H]1CCS(=O)(=O)C1. The summed E-state index contributed by atoms with van der Waals surface area (Å²) in [6.45, 7) is 2.95. The normalized spacial score (nSPS) is 18.8. The Morgan fingerprint density at radius 2 is 2.03 bits per heavy atom. The number of carbonyl (C=O) groups excluding carboxylic acids is 2. The van der Waals surface area contributed by atoms with E-state index in [4.69, 9.17) is 9.15 Å². The van der Waals surface area contributed by atoms with Crippen LogP contribution in [-0.2, 0) is 19.4 Å². The second-order valence-corrected chi connectivity index (χ2v) is 9.20. The Balaban J connectivity index is 1.76. The lowest BCUT2D eigenvalue weighted by molar-refractivity contribution is -0.140. The first-order chi connectivity index (χ1) is 13.6. The Labute approximate surface area is 168 Å². The van der Waals surface area contributed by atoms with Crippen molar-refractivity contribution in [2.24, 2.45) is 0 Å². The van der Waals surface area contributed by atoms with Crippen molar-refractivity contribution in [1.29, 1.82) is 5.26 Å². The Kier molecular flexibility index (Phi) is 5.53. The van der Waals surface area contributed by atoms with Crippen molar-refractivity contribution < 1.29 is 27.2 Å². The van der Waals surface area contributed by atoms with Crippen LogP contribution in [0, 0.1) is 18.3 Å². The van der Waals surface area contributed by atoms with E-state index in [1.165, 1.54) is 25.8 Å². The van der Waals surface area contributed by atoms with Gasteiger partial charge in [0.15, 0.2) is 15.9 Å². The standard InChI is InChI=1S/C19H21N3O6S/c1-12-16(15(10-20)18(27-12)22-7-4-5-8-22)19(24)28-13(2)17(23)21(3)14-6-9-29(25,26)11-14/h4-5,7-8,13-14H,6,9,11H2,1-3H3/t13-,14-/m1/s1. The van der Waals surface area contributed by atoms with Crippen LogP contribution in [0.1, 0.15) is 35.0 Å². The van der Waals surface area contributed by atoms with Crippen LogP contribution in [0.5, 0.6) is 0 Å². The van der Waals surface area contributed by atoms with Crippen molar-refractivity contribution >= 4 is 21.7 Å². The van der Waals surface area contributed by atoms with Crippen molar-refractivity contribution in [3.05, 3.63) is 41.4 Å². The van der Waals surface area contributed by atoms with Crippen molar-refractivity contribution in [3.8, 4) is 12.0 Å². The minimum atomic E-state index is -3.15. The maximum atomic E-state index is 12.7. The predicted octanol–water partition coefficient (Wildman–Crippen LogP) is 1.44. The molecule has 0 radical (unpaired) electrons. The smallest absolute Gasteiger partial charge is 0.343 e. The number of aryl methyl sites for hydroxylation is 1. The van der Waals surface area contributed by atoms with Crippen LogP contribution in [0.4, 0.5) is 0 Å². The molecule has 0 unspecified atom stereocenters. The highest BCUT2D eigenvalue weighted by Gasteiger charge is 2.36. The molecule has 29 heavy (non-hydrogen) atoms. The fourth-order valence-electron chi connectivity index (χ4n) is 3.35. The molecule has 2 atom stereocenters. The van der Waals surface area contributed by atoms with Gasteiger partial charge in [0.05, 0.1) is 11.5 Å². The molecule has 2 aromatic rings. The summed E-state index contributed by atoms with van der Waals surface area (Å²) in [5, 5.41) is 9.52. The number of hydrogen-bond donors (Lipinski definition) is 0. The number of nitriles is 1. The number of amides is 1. The average Bonchev–Trinajstić information content (AvgIpc) is 3.38. The van der Waals surface area contributed by atoms with Crippen LogP contribution in [0.15, 0.2) is 28.9 Å². The fraction of sp³-hybridized carbons (Fsp3) is 0.421. The fourth-order valence-corrected chi connectivity index (χ4v) is 5.12. The molecule has 2 aromatic heterocycles. The molecule has 0 aromatic carbocycles. The monoisotopic (exact) mass is 419 g/mol. The van der Waals surface area contributed by atoms with E-state index in [9.17, 15) is 23.3 Å². The van der Waals surface area contributed by atoms with E-state index >= 15 is 0 Å². The molecule has 1 amide bonds. The average molecular weight is 419 g/mol. The largest absolute Gasteiger partial charge is 0.449 e. The molecule has 3 heterocycles. The zero-order valence-electron chi connectivity index (χ0n) is 16.3. The van der Waals surface area contributed by atoms with E-state index in [2.05, 4.69) is 0 Å². The lowest BCUT2D eigenvalue weighted by atomic mass is 10.1. The van der Waals surface area contributed by atoms with Crippen molar-refractivity contribution in [3.63, 3.8) is 0 Å². The highest BCUT2D eigenvalue weighted by atomic mass is 32.2. The van der Waals surface area contributed by atoms with E-state index in [1.807, 2.05) is 6.07 Å². The van der Waals surface area contributed by atoms with Crippen molar-refractivity contribution in [1.82, 2.24) is 9.47 Å². The van der Waals surface area contributed by atoms with Crippen LogP contribution in [-0.4, -0.2) is 60.5 Å². The van der Waals surface area contributed by atoms with Gasteiger partial charge in [-0.25, -0.2) is 13.2 Å². The Morgan fingerprint density at radius 3 is 2.59 bits per heavy atom. The first-order valence-electron chi connectivity index (χ1n) is 8.99. The third-order valence-corrected chi connectivity index (χ3v) is 6.71. The number of nitrogens with zero attached hydrogens (tertiary/aromatic N) is 3. The van der Waals surface area contributed by atoms with Gasteiger partial charge in [-0.05, 0) is 32.4 Å². The zero-order chi connectivity index (χ0) is 21.3. The molecule has 0 saturated carbocycles. The summed E-state index contributed by atoms with van der Waals surface area (Å²) in [6, 6.07) is 5.00. The van der Waals surface area contributed by atoms with Gasteiger partial charge < -0.3 is 14.1 Å². The molecule has 0 bridgehead atoms. The summed E-state index contributed by atoms with van der Waals surface area (Å²) in [5.41, 5.74) is -0.0273. The number of aromatic nitrogens is 1. The van der Waals surface area contributed by atoms with Crippen LogP contribution in [0.2, 0.25) is 0 Å². The van der Waals surface area contributed by atoms with Crippen molar-refractivity contribution in [2.45, 2.75) is 32.4 Å². The molecule has 1 fully saturated rings. The summed E-state index contributed by atoms with van der Waals surface area (Å²) in [6.07, 6.45) is 2.55. The van der Waals surface area contributed by atoms with Crippen LogP contribution in [0.3, 0.4) is 0 Å². The lowest BCUT2D eigenvalue weighted by Gasteiger charge is -2.26. The molecular formula is C19H21N3O6S. The van der Waals surface area contributed by atoms with Gasteiger partial charge in [-0.15, -0.1) is 0 Å². The summed E-state index contributed by atoms with van der Waals surface area (Å²) in [7, 11) is -1.66. The Morgan fingerprint density at radius 1 is 1.38 bits per heavy atom. The summed E-state index contributed by atoms with van der Waals surface area (Å²) in [5.74, 6) is -1.04. The molecule has 9 nitrogen and oxygen atoms in total. The number of sulfone groups is 1. The van der Waals surface area contributed by atoms with Crippen LogP contribution >= 0.6 is 0 Å². The van der Waals surface area contributed by atoms with Crippen LogP contribution < -0.4 is 0 Å². The molecule has 3 rings (SSSR count). The van der Waals surface area contributed by atoms with Crippen LogP contribution in [0.25, 0.3) is 5.88 Å². The number of likely N-dealkylation sites (N-methyl/N-ethyl adjacent to an activating group) is 1. The summed E-state index contributed by atoms with van der Waals surface area (Å²) >= 11 is 0. The number of carbonyl (C=O) groups is 2. The summed E-state index contributed by atoms with van der Waals surface area (Å²) in [4.78, 5) is 26.6. The molecule has 154 valence electrons. The van der Waals surface area contributed by atoms with Gasteiger partial charge >= 0.3 is 5.97 Å². The first-order valence-corrected chi connectivity index (χ1v) is 10.8. The van der Waals surface area contributed by atoms with E-state index in [-0.39, 0.29) is 34.3 Å². The minimum absolute atomic E-state index is 0.0126. The summed E-state index contributed by atoms with van der Waals surface area (Å²) < 4.78 is 35.7. The highest BCUT2D eigenvalue weighted by molar-refractivity contribution is 7.91. The van der Waals surface area contributed by atoms with E-state index < -0.39 is 33.9 Å². The number of rotatable bonds is 5. The molecule has 10 heteroatoms. The molecule has 0 aliphatic carbocycles. The molecule has 1 aliphatic rings. The van der Waals surface area contributed by atoms with Gasteiger partial charge in [0, 0.05) is 25.5 Å². The quantitative estimate of drug-likeness (QED) is 0.672. The maximum Gasteiger partial charge on any atom is 0.343 e. The molecule has 0 spiro atoms. The third kappa shape index (κ3) is 4.05. The van der Waals surface area contributed by atoms with Gasteiger partial charge in [-0.2, -0.15) is 5.26 Å². The van der Waals surface area contributed by atoms with E-state index in [1.54, 1.807) is 29.1 Å². The third-order valence-electron chi connectivity index (χ3n) is 4.96. The first kappa shape index (κ1) is 20.7. The second kappa shape index (κ2) is 7.75.